The van der Waals surface area contributed by atoms with Crippen molar-refractivity contribution < 1.29 is 18.7 Å². The van der Waals surface area contributed by atoms with E-state index in [0.29, 0.717) is 5.69 Å². The van der Waals surface area contributed by atoms with Gasteiger partial charge >= 0.3 is 0 Å². The van der Waals surface area contributed by atoms with Crippen LogP contribution in [0.15, 0.2) is 64.8 Å². The molecular formula is C24H19F2N3O3S. The van der Waals surface area contributed by atoms with E-state index < -0.39 is 29.7 Å². The Morgan fingerprint density at radius 3 is 2.64 bits per heavy atom. The van der Waals surface area contributed by atoms with Gasteiger partial charge in [0.05, 0.1) is 23.5 Å². The summed E-state index contributed by atoms with van der Waals surface area (Å²) >= 11 is 1.43. The summed E-state index contributed by atoms with van der Waals surface area (Å²) < 4.78 is 28.1. The van der Waals surface area contributed by atoms with Crippen LogP contribution in [0.1, 0.15) is 21.6 Å². The maximum absolute atomic E-state index is 13.9. The molecule has 33 heavy (non-hydrogen) atoms. The Labute approximate surface area is 191 Å². The van der Waals surface area contributed by atoms with Crippen LogP contribution in [0.4, 0.5) is 8.78 Å². The number of alkyl halides is 1. The minimum absolute atomic E-state index is 0.0815. The molecular weight excluding hydrogens is 448 g/mol. The largest absolute Gasteiger partial charge is 0.502 e. The SMILES string of the molecule is Cn1c(-c2cc(F)cc(CF)c2)cc(C(=O)NCc2csc(-c3ccccc3)n2)c(O)c1=O. The molecule has 4 aromatic rings. The molecule has 6 nitrogen and oxygen atoms in total. The highest BCUT2D eigenvalue weighted by molar-refractivity contribution is 7.13. The van der Waals surface area contributed by atoms with E-state index in [1.54, 1.807) is 0 Å². The fourth-order valence-electron chi connectivity index (χ4n) is 3.38. The number of nitrogens with one attached hydrogen (secondary N) is 1. The van der Waals surface area contributed by atoms with Gasteiger partial charge in [0.1, 0.15) is 17.5 Å². The molecule has 2 heterocycles. The summed E-state index contributed by atoms with van der Waals surface area (Å²) in [5.41, 5.74) is 0.946. The molecule has 0 radical (unpaired) electrons. The Hall–Kier alpha value is -3.85. The summed E-state index contributed by atoms with van der Waals surface area (Å²) in [5.74, 6) is -2.10. The van der Waals surface area contributed by atoms with E-state index in [2.05, 4.69) is 10.3 Å². The Balaban J connectivity index is 1.60. The van der Waals surface area contributed by atoms with Gasteiger partial charge in [-0.05, 0) is 29.8 Å². The van der Waals surface area contributed by atoms with E-state index in [4.69, 9.17) is 0 Å². The molecule has 4 rings (SSSR count). The number of nitrogens with zero attached hydrogens (tertiary/aromatic N) is 2. The second-order valence-corrected chi connectivity index (χ2v) is 8.19. The van der Waals surface area contributed by atoms with Gasteiger partial charge < -0.3 is 15.0 Å². The van der Waals surface area contributed by atoms with Gasteiger partial charge in [-0.3, -0.25) is 9.59 Å². The van der Waals surface area contributed by atoms with Gasteiger partial charge in [-0.15, -0.1) is 11.3 Å². The predicted molar refractivity (Wildman–Crippen MR) is 122 cm³/mol. The van der Waals surface area contributed by atoms with Crippen molar-refractivity contribution in [2.75, 3.05) is 0 Å². The van der Waals surface area contributed by atoms with Crippen LogP contribution in [0, 0.1) is 5.82 Å². The van der Waals surface area contributed by atoms with E-state index in [0.717, 1.165) is 27.3 Å². The molecule has 0 saturated heterocycles. The lowest BCUT2D eigenvalue weighted by atomic mass is 10.0. The van der Waals surface area contributed by atoms with Crippen LogP contribution >= 0.6 is 11.3 Å². The fourth-order valence-corrected chi connectivity index (χ4v) is 4.20. The molecule has 2 aromatic heterocycles. The number of halogens is 2. The summed E-state index contributed by atoms with van der Waals surface area (Å²) in [4.78, 5) is 29.8. The van der Waals surface area contributed by atoms with Crippen molar-refractivity contribution in [2.24, 2.45) is 7.05 Å². The van der Waals surface area contributed by atoms with Gasteiger partial charge in [0, 0.05) is 23.6 Å². The Kier molecular flexibility index (Phi) is 6.32. The minimum atomic E-state index is -0.886. The second-order valence-electron chi connectivity index (χ2n) is 7.33. The first-order valence-electron chi connectivity index (χ1n) is 9.94. The number of hydrogen-bond donors (Lipinski definition) is 2. The Morgan fingerprint density at radius 1 is 1.15 bits per heavy atom. The highest BCUT2D eigenvalue weighted by atomic mass is 32.1. The molecule has 2 N–H and O–H groups in total. The average molecular weight is 467 g/mol. The number of aromatic nitrogens is 2. The topological polar surface area (TPSA) is 84.2 Å². The van der Waals surface area contributed by atoms with Crippen LogP contribution in [-0.2, 0) is 20.3 Å². The molecule has 0 unspecified atom stereocenters. The van der Waals surface area contributed by atoms with Gasteiger partial charge in [0.25, 0.3) is 11.5 Å². The summed E-state index contributed by atoms with van der Waals surface area (Å²) in [7, 11) is 1.37. The lowest BCUT2D eigenvalue weighted by Crippen LogP contribution is -2.27. The monoisotopic (exact) mass is 467 g/mol. The third kappa shape index (κ3) is 4.68. The highest BCUT2D eigenvalue weighted by Crippen LogP contribution is 2.26. The van der Waals surface area contributed by atoms with Gasteiger partial charge in [0.15, 0.2) is 5.75 Å². The number of thiazole rings is 1. The molecule has 2 aromatic carbocycles. The highest BCUT2D eigenvalue weighted by Gasteiger charge is 2.20. The zero-order chi connectivity index (χ0) is 23.5. The van der Waals surface area contributed by atoms with Crippen molar-refractivity contribution >= 4 is 17.2 Å². The summed E-state index contributed by atoms with van der Waals surface area (Å²) in [6, 6.07) is 14.4. The predicted octanol–water partition coefficient (Wildman–Crippen LogP) is 4.42. The molecule has 0 aliphatic heterocycles. The standard InChI is InChI=1S/C24H19F2N3O3S/c1-29-20(16-7-14(11-25)8-17(26)9-16)10-19(21(30)24(29)32)22(31)27-12-18-13-33-23(28-18)15-5-3-2-4-6-15/h2-10,13,30H,11-12H2,1H3,(H,27,31). The number of carbonyl (C=O) groups is 1. The molecule has 1 amide bonds. The van der Waals surface area contributed by atoms with Crippen molar-refractivity contribution in [1.82, 2.24) is 14.9 Å². The molecule has 0 fully saturated rings. The van der Waals surface area contributed by atoms with E-state index in [1.807, 2.05) is 35.7 Å². The normalized spacial score (nSPS) is 10.9. The number of benzene rings is 2. The van der Waals surface area contributed by atoms with Gasteiger partial charge in [-0.25, -0.2) is 13.8 Å². The smallest absolute Gasteiger partial charge is 0.293 e. The molecule has 0 aliphatic carbocycles. The Bertz CT molecular complexity index is 1380. The quantitative estimate of drug-likeness (QED) is 0.440. The first kappa shape index (κ1) is 22.3. The zero-order valence-electron chi connectivity index (χ0n) is 17.5. The maximum Gasteiger partial charge on any atom is 0.293 e. The third-order valence-electron chi connectivity index (χ3n) is 5.06. The molecule has 9 heteroatoms. The van der Waals surface area contributed by atoms with E-state index in [1.165, 1.54) is 30.5 Å². The van der Waals surface area contributed by atoms with Gasteiger partial charge in [-0.1, -0.05) is 30.3 Å². The van der Waals surface area contributed by atoms with Crippen molar-refractivity contribution in [3.05, 3.63) is 93.0 Å². The van der Waals surface area contributed by atoms with Crippen LogP contribution in [0.2, 0.25) is 0 Å². The number of amides is 1. The fraction of sp³-hybridized carbons (Fsp3) is 0.125. The summed E-state index contributed by atoms with van der Waals surface area (Å²) in [6.07, 6.45) is 0. The van der Waals surface area contributed by atoms with Crippen molar-refractivity contribution in [1.29, 1.82) is 0 Å². The van der Waals surface area contributed by atoms with E-state index >= 15 is 0 Å². The molecule has 0 aliphatic rings. The summed E-state index contributed by atoms with van der Waals surface area (Å²) in [6.45, 7) is -0.805. The number of hydrogen-bond acceptors (Lipinski definition) is 5. The molecule has 0 bridgehead atoms. The lowest BCUT2D eigenvalue weighted by molar-refractivity contribution is 0.0947. The first-order chi connectivity index (χ1) is 15.9. The number of aromatic hydroxyl groups is 1. The summed E-state index contributed by atoms with van der Waals surface area (Å²) in [5, 5.41) is 15.5. The second kappa shape index (κ2) is 9.33. The molecule has 0 atom stereocenters. The van der Waals surface area contributed by atoms with Crippen molar-refractivity contribution in [2.45, 2.75) is 13.2 Å². The van der Waals surface area contributed by atoms with Crippen LogP contribution in [0.25, 0.3) is 21.8 Å². The average Bonchev–Trinajstić information content (AvgIpc) is 3.30. The van der Waals surface area contributed by atoms with Gasteiger partial charge in [-0.2, -0.15) is 0 Å². The third-order valence-corrected chi connectivity index (χ3v) is 6.00. The van der Waals surface area contributed by atoms with Crippen LogP contribution < -0.4 is 10.9 Å². The molecule has 0 spiro atoms. The number of carbonyl (C=O) groups excluding carboxylic acids is 1. The van der Waals surface area contributed by atoms with Crippen LogP contribution in [-0.4, -0.2) is 20.6 Å². The van der Waals surface area contributed by atoms with Crippen LogP contribution in [0.3, 0.4) is 0 Å². The van der Waals surface area contributed by atoms with E-state index in [-0.39, 0.29) is 28.9 Å². The molecule has 0 saturated carbocycles. The Morgan fingerprint density at radius 2 is 1.91 bits per heavy atom. The number of pyridine rings is 1. The van der Waals surface area contributed by atoms with Gasteiger partial charge in [0.2, 0.25) is 0 Å². The first-order valence-corrected chi connectivity index (χ1v) is 10.8. The van der Waals surface area contributed by atoms with E-state index in [9.17, 15) is 23.5 Å². The van der Waals surface area contributed by atoms with Crippen molar-refractivity contribution in [3.8, 4) is 27.6 Å². The van der Waals surface area contributed by atoms with Crippen LogP contribution in [0.5, 0.6) is 5.75 Å². The minimum Gasteiger partial charge on any atom is -0.502 e. The number of rotatable bonds is 6. The molecule has 168 valence electrons. The van der Waals surface area contributed by atoms with Crippen molar-refractivity contribution in [3.63, 3.8) is 0 Å². The maximum atomic E-state index is 13.9. The zero-order valence-corrected chi connectivity index (χ0v) is 18.3. The lowest BCUT2D eigenvalue weighted by Gasteiger charge is -2.13.